The average molecular weight is 402 g/mol. The minimum absolute atomic E-state index is 0.207. The van der Waals surface area contributed by atoms with E-state index in [0.29, 0.717) is 11.6 Å². The van der Waals surface area contributed by atoms with Gasteiger partial charge in [-0.15, -0.1) is 0 Å². The smallest absolute Gasteiger partial charge is 0.163 e. The number of benzene rings is 4. The molecule has 0 aliphatic carbocycles. The summed E-state index contributed by atoms with van der Waals surface area (Å²) in [6.45, 7) is 4.23. The lowest BCUT2D eigenvalue weighted by molar-refractivity contribution is 0.766. The van der Waals surface area contributed by atoms with Gasteiger partial charge in [0.05, 0.1) is 0 Å². The zero-order valence-corrected chi connectivity index (χ0v) is 17.7. The SMILES string of the molecule is CC(C)c1nc(-c2cccc(-c3ccccc3)c2)nc(-c2ccc3ccccc3c2)n1. The summed E-state index contributed by atoms with van der Waals surface area (Å²) in [4.78, 5) is 14.5. The first-order valence-corrected chi connectivity index (χ1v) is 10.6. The average Bonchev–Trinajstić information content (AvgIpc) is 2.84. The molecule has 5 aromatic rings. The van der Waals surface area contributed by atoms with Crippen LogP contribution in [0.2, 0.25) is 0 Å². The highest BCUT2D eigenvalue weighted by molar-refractivity contribution is 5.86. The summed E-state index contributed by atoms with van der Waals surface area (Å²) in [6, 6.07) is 33.5. The Hall–Kier alpha value is -3.85. The van der Waals surface area contributed by atoms with Crippen LogP contribution in [0.4, 0.5) is 0 Å². The fourth-order valence-electron chi connectivity index (χ4n) is 3.71. The predicted octanol–water partition coefficient (Wildman–Crippen LogP) is 7.15. The van der Waals surface area contributed by atoms with E-state index in [1.807, 2.05) is 6.07 Å². The van der Waals surface area contributed by atoms with Gasteiger partial charge in [-0.25, -0.2) is 15.0 Å². The molecule has 0 unspecified atom stereocenters. The van der Waals surface area contributed by atoms with Crippen molar-refractivity contribution in [2.45, 2.75) is 19.8 Å². The van der Waals surface area contributed by atoms with Gasteiger partial charge in [0.1, 0.15) is 5.82 Å². The summed E-state index contributed by atoms with van der Waals surface area (Å²) >= 11 is 0. The number of hydrogen-bond acceptors (Lipinski definition) is 3. The molecule has 0 amide bonds. The van der Waals surface area contributed by atoms with Crippen LogP contribution in [0.25, 0.3) is 44.7 Å². The summed E-state index contributed by atoms with van der Waals surface area (Å²) in [5.74, 6) is 2.43. The molecule has 0 N–H and O–H groups in total. The summed E-state index contributed by atoms with van der Waals surface area (Å²) < 4.78 is 0. The molecule has 150 valence electrons. The van der Waals surface area contributed by atoms with E-state index in [1.165, 1.54) is 16.3 Å². The van der Waals surface area contributed by atoms with Crippen molar-refractivity contribution in [2.24, 2.45) is 0 Å². The maximum Gasteiger partial charge on any atom is 0.163 e. The van der Waals surface area contributed by atoms with Crippen LogP contribution in [0.1, 0.15) is 25.6 Å². The molecule has 0 saturated carbocycles. The number of rotatable bonds is 4. The van der Waals surface area contributed by atoms with Crippen LogP contribution in [-0.4, -0.2) is 15.0 Å². The van der Waals surface area contributed by atoms with Crippen molar-refractivity contribution >= 4 is 10.8 Å². The van der Waals surface area contributed by atoms with Crippen molar-refractivity contribution in [3.05, 3.63) is 103 Å². The van der Waals surface area contributed by atoms with Crippen molar-refractivity contribution in [3.8, 4) is 33.9 Å². The van der Waals surface area contributed by atoms with Crippen LogP contribution in [-0.2, 0) is 0 Å². The lowest BCUT2D eigenvalue weighted by atomic mass is 10.0. The van der Waals surface area contributed by atoms with E-state index >= 15 is 0 Å². The van der Waals surface area contributed by atoms with Gasteiger partial charge in [0.15, 0.2) is 11.6 Å². The van der Waals surface area contributed by atoms with E-state index in [-0.39, 0.29) is 5.92 Å². The number of hydrogen-bond donors (Lipinski definition) is 0. The van der Waals surface area contributed by atoms with Crippen LogP contribution in [0.5, 0.6) is 0 Å². The topological polar surface area (TPSA) is 38.7 Å². The molecule has 0 bridgehead atoms. The maximum absolute atomic E-state index is 4.88. The monoisotopic (exact) mass is 401 g/mol. The van der Waals surface area contributed by atoms with Gasteiger partial charge in [-0.2, -0.15) is 0 Å². The van der Waals surface area contributed by atoms with Gasteiger partial charge in [0, 0.05) is 17.0 Å². The highest BCUT2D eigenvalue weighted by Crippen LogP contribution is 2.28. The normalized spacial score (nSPS) is 11.2. The summed E-state index contributed by atoms with van der Waals surface area (Å²) in [6.07, 6.45) is 0. The fraction of sp³-hybridized carbons (Fsp3) is 0.107. The Morgan fingerprint density at radius 1 is 0.484 bits per heavy atom. The molecule has 5 rings (SSSR count). The first-order chi connectivity index (χ1) is 15.2. The van der Waals surface area contributed by atoms with Gasteiger partial charge >= 0.3 is 0 Å². The second-order valence-corrected chi connectivity index (χ2v) is 8.00. The summed E-state index contributed by atoms with van der Waals surface area (Å²) in [7, 11) is 0. The van der Waals surface area contributed by atoms with Crippen molar-refractivity contribution < 1.29 is 0 Å². The van der Waals surface area contributed by atoms with Crippen molar-refractivity contribution in [3.63, 3.8) is 0 Å². The van der Waals surface area contributed by atoms with Crippen LogP contribution < -0.4 is 0 Å². The molecule has 3 heteroatoms. The zero-order chi connectivity index (χ0) is 21.2. The molecule has 0 saturated heterocycles. The molecule has 0 atom stereocenters. The predicted molar refractivity (Wildman–Crippen MR) is 128 cm³/mol. The Bertz CT molecular complexity index is 1360. The minimum atomic E-state index is 0.207. The molecule has 4 aromatic carbocycles. The second-order valence-electron chi connectivity index (χ2n) is 8.00. The molecule has 3 nitrogen and oxygen atoms in total. The Labute approximate surface area is 182 Å². The molecular weight excluding hydrogens is 378 g/mol. The fourth-order valence-corrected chi connectivity index (χ4v) is 3.71. The lowest BCUT2D eigenvalue weighted by Gasteiger charge is -2.11. The molecule has 0 spiro atoms. The van der Waals surface area contributed by atoms with Crippen LogP contribution in [0.15, 0.2) is 97.1 Å². The molecule has 0 aliphatic rings. The lowest BCUT2D eigenvalue weighted by Crippen LogP contribution is -2.04. The quantitative estimate of drug-likeness (QED) is 0.321. The summed E-state index contributed by atoms with van der Waals surface area (Å²) in [5.41, 5.74) is 4.32. The Morgan fingerprint density at radius 2 is 1.10 bits per heavy atom. The van der Waals surface area contributed by atoms with E-state index < -0.39 is 0 Å². The standard InChI is InChI=1S/C28H23N3/c1-19(2)26-29-27(24-14-8-13-23(17-24)20-9-4-3-5-10-20)31-28(30-26)25-16-15-21-11-6-7-12-22(21)18-25/h3-19H,1-2H3. The minimum Gasteiger partial charge on any atom is -0.213 e. The van der Waals surface area contributed by atoms with Crippen LogP contribution >= 0.6 is 0 Å². The van der Waals surface area contributed by atoms with E-state index in [0.717, 1.165) is 22.5 Å². The number of fused-ring (bicyclic) bond motifs is 1. The van der Waals surface area contributed by atoms with Gasteiger partial charge < -0.3 is 0 Å². The molecular formula is C28H23N3. The third-order valence-electron chi connectivity index (χ3n) is 5.40. The maximum atomic E-state index is 4.88. The highest BCUT2D eigenvalue weighted by Gasteiger charge is 2.13. The first-order valence-electron chi connectivity index (χ1n) is 10.6. The van der Waals surface area contributed by atoms with Crippen LogP contribution in [0, 0.1) is 0 Å². The molecule has 31 heavy (non-hydrogen) atoms. The first kappa shape index (κ1) is 19.1. The van der Waals surface area contributed by atoms with Crippen molar-refractivity contribution in [1.82, 2.24) is 15.0 Å². The van der Waals surface area contributed by atoms with Gasteiger partial charge in [0.2, 0.25) is 0 Å². The van der Waals surface area contributed by atoms with E-state index in [4.69, 9.17) is 15.0 Å². The van der Waals surface area contributed by atoms with E-state index in [9.17, 15) is 0 Å². The van der Waals surface area contributed by atoms with E-state index in [2.05, 4.69) is 105 Å². The summed E-state index contributed by atoms with van der Waals surface area (Å²) in [5, 5.41) is 2.39. The second kappa shape index (κ2) is 8.11. The van der Waals surface area contributed by atoms with Crippen molar-refractivity contribution in [2.75, 3.05) is 0 Å². The molecule has 1 heterocycles. The highest BCUT2D eigenvalue weighted by atomic mass is 15.0. The Kier molecular flexibility index (Phi) is 5.01. The van der Waals surface area contributed by atoms with E-state index in [1.54, 1.807) is 0 Å². The van der Waals surface area contributed by atoms with Gasteiger partial charge in [-0.1, -0.05) is 98.8 Å². The Balaban J connectivity index is 1.63. The molecule has 0 radical (unpaired) electrons. The van der Waals surface area contributed by atoms with Crippen molar-refractivity contribution in [1.29, 1.82) is 0 Å². The Morgan fingerprint density at radius 3 is 1.84 bits per heavy atom. The molecule has 0 fully saturated rings. The van der Waals surface area contributed by atoms with Gasteiger partial charge in [-0.3, -0.25) is 0 Å². The molecule has 0 aliphatic heterocycles. The largest absolute Gasteiger partial charge is 0.213 e. The molecule has 1 aromatic heterocycles. The number of aromatic nitrogens is 3. The number of nitrogens with zero attached hydrogens (tertiary/aromatic N) is 3. The van der Waals surface area contributed by atoms with Gasteiger partial charge in [-0.05, 0) is 34.0 Å². The zero-order valence-electron chi connectivity index (χ0n) is 17.7. The van der Waals surface area contributed by atoms with Crippen LogP contribution in [0.3, 0.4) is 0 Å². The third-order valence-corrected chi connectivity index (χ3v) is 5.40. The third kappa shape index (κ3) is 3.95. The van der Waals surface area contributed by atoms with Gasteiger partial charge in [0.25, 0.3) is 0 Å².